The van der Waals surface area contributed by atoms with Crippen LogP contribution in [0, 0.1) is 5.92 Å². The minimum atomic E-state index is -1.24. The largest absolute Gasteiger partial charge is 0.598 e. The Labute approximate surface area is 151 Å². The number of nitrogens with one attached hydrogen (secondary N) is 1. The zero-order valence-corrected chi connectivity index (χ0v) is 16.6. The molecule has 1 fully saturated rings. The van der Waals surface area contributed by atoms with Crippen LogP contribution in [0.15, 0.2) is 6.07 Å². The predicted molar refractivity (Wildman–Crippen MR) is 95.6 cm³/mol. The quantitative estimate of drug-likeness (QED) is 0.499. The first-order chi connectivity index (χ1) is 11.0. The van der Waals surface area contributed by atoms with E-state index < -0.39 is 16.9 Å². The SMILES string of the molecule is CC(C)C1(N[S+]([O-])C(C)(C)C)COc2c1cc(C1(C)CO1)nc2Cl. The van der Waals surface area contributed by atoms with Crippen LogP contribution in [0.5, 0.6) is 5.75 Å². The monoisotopic (exact) mass is 372 g/mol. The minimum Gasteiger partial charge on any atom is -0.598 e. The molecule has 1 aromatic heterocycles. The number of nitrogens with zero attached hydrogens (tertiary/aromatic N) is 1. The van der Waals surface area contributed by atoms with Crippen LogP contribution in [0.4, 0.5) is 0 Å². The predicted octanol–water partition coefficient (Wildman–Crippen LogP) is 3.28. The van der Waals surface area contributed by atoms with Crippen molar-refractivity contribution in [2.75, 3.05) is 13.2 Å². The lowest BCUT2D eigenvalue weighted by molar-refractivity contribution is 0.199. The molecular formula is C17H25ClN2O3S. The summed E-state index contributed by atoms with van der Waals surface area (Å²) in [5.41, 5.74) is 0.764. The summed E-state index contributed by atoms with van der Waals surface area (Å²) in [5.74, 6) is 0.737. The van der Waals surface area contributed by atoms with Crippen LogP contribution in [0.1, 0.15) is 52.8 Å². The van der Waals surface area contributed by atoms with Crippen LogP contribution in [-0.4, -0.2) is 27.5 Å². The van der Waals surface area contributed by atoms with Crippen molar-refractivity contribution >= 4 is 23.0 Å². The Balaban J connectivity index is 2.07. The average molecular weight is 373 g/mol. The Kier molecular flexibility index (Phi) is 4.37. The van der Waals surface area contributed by atoms with Gasteiger partial charge in [0.25, 0.3) is 0 Å². The molecule has 3 heterocycles. The number of fused-ring (bicyclic) bond motifs is 1. The van der Waals surface area contributed by atoms with E-state index in [9.17, 15) is 4.55 Å². The van der Waals surface area contributed by atoms with Gasteiger partial charge in [-0.1, -0.05) is 25.4 Å². The number of epoxide rings is 1. The van der Waals surface area contributed by atoms with Crippen LogP contribution in [0.3, 0.4) is 0 Å². The van der Waals surface area contributed by atoms with Crippen LogP contribution in [0.25, 0.3) is 0 Å². The minimum absolute atomic E-state index is 0.157. The van der Waals surface area contributed by atoms with E-state index in [1.807, 2.05) is 33.8 Å². The third-order valence-electron chi connectivity index (χ3n) is 4.79. The highest BCUT2D eigenvalue weighted by Gasteiger charge is 2.52. The maximum Gasteiger partial charge on any atom is 0.171 e. The Morgan fingerprint density at radius 1 is 1.38 bits per heavy atom. The Morgan fingerprint density at radius 2 is 2.00 bits per heavy atom. The lowest BCUT2D eigenvalue weighted by Crippen LogP contribution is -2.55. The molecule has 1 N–H and O–H groups in total. The van der Waals surface area contributed by atoms with Gasteiger partial charge in [0.15, 0.2) is 10.9 Å². The zero-order chi connectivity index (χ0) is 17.9. The van der Waals surface area contributed by atoms with Crippen molar-refractivity contribution in [2.45, 2.75) is 57.4 Å². The topological polar surface area (TPSA) is 69.7 Å². The van der Waals surface area contributed by atoms with Gasteiger partial charge >= 0.3 is 0 Å². The second-order valence-corrected chi connectivity index (χ2v) is 10.4. The third kappa shape index (κ3) is 2.92. The molecule has 3 atom stereocenters. The van der Waals surface area contributed by atoms with E-state index in [1.165, 1.54) is 0 Å². The van der Waals surface area contributed by atoms with Crippen molar-refractivity contribution in [3.63, 3.8) is 0 Å². The van der Waals surface area contributed by atoms with Gasteiger partial charge in [-0.3, -0.25) is 0 Å². The van der Waals surface area contributed by atoms with E-state index >= 15 is 0 Å². The van der Waals surface area contributed by atoms with Gasteiger partial charge in [-0.15, -0.1) is 4.72 Å². The lowest BCUT2D eigenvalue weighted by Gasteiger charge is -2.36. The van der Waals surface area contributed by atoms with E-state index in [2.05, 4.69) is 23.6 Å². The third-order valence-corrected chi connectivity index (χ3v) is 6.71. The molecule has 0 spiro atoms. The van der Waals surface area contributed by atoms with E-state index in [-0.39, 0.29) is 16.3 Å². The normalized spacial score (nSPS) is 30.2. The van der Waals surface area contributed by atoms with Gasteiger partial charge in [0.05, 0.1) is 12.3 Å². The molecule has 1 aromatic rings. The number of hydrogen-bond acceptors (Lipinski definition) is 5. The molecule has 0 radical (unpaired) electrons. The summed E-state index contributed by atoms with van der Waals surface area (Å²) in [6, 6.07) is 1.99. The van der Waals surface area contributed by atoms with Gasteiger partial charge in [0.2, 0.25) is 0 Å². The number of hydrogen-bond donors (Lipinski definition) is 1. The average Bonchev–Trinajstić information content (AvgIpc) is 3.10. The standard InChI is InChI=1S/C17H25ClN2O3S/c1-10(2)17(20-24(21)15(3,4)5)9-22-13-11(17)7-12(19-14(13)18)16(6)8-23-16/h7,10,20H,8-9H2,1-6H3. The maximum atomic E-state index is 12.8. The molecule has 134 valence electrons. The number of aromatic nitrogens is 1. The summed E-state index contributed by atoms with van der Waals surface area (Å²) >= 11 is 5.13. The van der Waals surface area contributed by atoms with Crippen LogP contribution in [-0.2, 0) is 27.2 Å². The smallest absolute Gasteiger partial charge is 0.171 e. The van der Waals surface area contributed by atoms with E-state index in [4.69, 9.17) is 21.1 Å². The van der Waals surface area contributed by atoms with Crippen molar-refractivity contribution in [3.8, 4) is 5.75 Å². The van der Waals surface area contributed by atoms with Crippen LogP contribution in [0.2, 0.25) is 5.15 Å². The maximum absolute atomic E-state index is 12.8. The molecule has 2 aliphatic rings. The van der Waals surface area contributed by atoms with Crippen molar-refractivity contribution in [1.29, 1.82) is 0 Å². The molecular weight excluding hydrogens is 348 g/mol. The van der Waals surface area contributed by atoms with Gasteiger partial charge in [-0.25, -0.2) is 4.98 Å². The Morgan fingerprint density at radius 3 is 2.50 bits per heavy atom. The van der Waals surface area contributed by atoms with Gasteiger partial charge in [0.1, 0.15) is 22.5 Å². The Hall–Kier alpha value is -0.530. The molecule has 0 bridgehead atoms. The molecule has 0 amide bonds. The van der Waals surface area contributed by atoms with Gasteiger partial charge in [0, 0.05) is 16.9 Å². The molecule has 5 nitrogen and oxygen atoms in total. The van der Waals surface area contributed by atoms with Gasteiger partial charge in [-0.2, -0.15) is 0 Å². The highest BCUT2D eigenvalue weighted by atomic mass is 35.5. The summed E-state index contributed by atoms with van der Waals surface area (Å²) in [7, 11) is 0. The summed E-state index contributed by atoms with van der Waals surface area (Å²) < 4.78 is 27.1. The molecule has 2 aliphatic heterocycles. The first-order valence-corrected chi connectivity index (χ1v) is 9.70. The van der Waals surface area contributed by atoms with E-state index in [0.717, 1.165) is 11.3 Å². The van der Waals surface area contributed by atoms with Crippen molar-refractivity contribution in [1.82, 2.24) is 9.71 Å². The molecule has 0 aromatic carbocycles. The molecule has 3 unspecified atom stereocenters. The first kappa shape index (κ1) is 18.3. The molecule has 0 saturated carbocycles. The molecule has 1 saturated heterocycles. The zero-order valence-electron chi connectivity index (χ0n) is 15.0. The van der Waals surface area contributed by atoms with Crippen molar-refractivity contribution in [2.24, 2.45) is 5.92 Å². The highest BCUT2D eigenvalue weighted by Crippen LogP contribution is 2.48. The fourth-order valence-electron chi connectivity index (χ4n) is 2.76. The number of rotatable bonds is 4. The summed E-state index contributed by atoms with van der Waals surface area (Å²) in [6.07, 6.45) is 0. The highest BCUT2D eigenvalue weighted by molar-refractivity contribution is 7.90. The number of pyridine rings is 1. The summed E-state index contributed by atoms with van der Waals surface area (Å²) in [4.78, 5) is 4.44. The van der Waals surface area contributed by atoms with Gasteiger partial charge in [-0.05, 0) is 39.7 Å². The fourth-order valence-corrected chi connectivity index (χ4v) is 4.05. The number of halogens is 1. The summed E-state index contributed by atoms with van der Waals surface area (Å²) in [5, 5.41) is 0.338. The van der Waals surface area contributed by atoms with Gasteiger partial charge < -0.3 is 14.0 Å². The molecule has 0 aliphatic carbocycles. The lowest BCUT2D eigenvalue weighted by atomic mass is 9.82. The van der Waals surface area contributed by atoms with E-state index in [0.29, 0.717) is 24.1 Å². The first-order valence-electron chi connectivity index (χ1n) is 8.17. The summed E-state index contributed by atoms with van der Waals surface area (Å²) in [6.45, 7) is 13.0. The molecule has 24 heavy (non-hydrogen) atoms. The second kappa shape index (κ2) is 5.74. The molecule has 7 heteroatoms. The second-order valence-electron chi connectivity index (χ2n) is 8.09. The molecule has 3 rings (SSSR count). The van der Waals surface area contributed by atoms with Crippen LogP contribution < -0.4 is 9.46 Å². The van der Waals surface area contributed by atoms with Crippen molar-refractivity contribution < 1.29 is 14.0 Å². The van der Waals surface area contributed by atoms with Crippen molar-refractivity contribution in [3.05, 3.63) is 22.5 Å². The fraction of sp³-hybridized carbons (Fsp3) is 0.706. The Bertz CT molecular complexity index is 658. The van der Waals surface area contributed by atoms with E-state index in [1.54, 1.807) is 0 Å². The number of ether oxygens (including phenoxy) is 2. The van der Waals surface area contributed by atoms with Crippen LogP contribution >= 0.6 is 11.6 Å².